The van der Waals surface area contributed by atoms with Crippen LogP contribution in [-0.2, 0) is 0 Å². The van der Waals surface area contributed by atoms with E-state index < -0.39 is 6.17 Å². The quantitative estimate of drug-likeness (QED) is 0.0964. The zero-order valence-electron chi connectivity index (χ0n) is 34.9. The molecule has 0 spiro atoms. The zero-order chi connectivity index (χ0) is 41.8. The maximum Gasteiger partial charge on any atom is 0.119 e. The van der Waals surface area contributed by atoms with Gasteiger partial charge in [-0.05, 0) is 140 Å². The molecule has 0 N–H and O–H groups in total. The number of alkyl halides is 2. The van der Waals surface area contributed by atoms with Gasteiger partial charge in [0.2, 0.25) is 0 Å². The third-order valence-corrected chi connectivity index (χ3v) is 14.0. The van der Waals surface area contributed by atoms with Crippen LogP contribution < -0.4 is 18.9 Å². The van der Waals surface area contributed by atoms with Crippen LogP contribution in [0.25, 0.3) is 54.2 Å². The molecular weight excluding hydrogens is 791 g/mol. The first kappa shape index (κ1) is 40.3. The molecule has 0 bridgehead atoms. The number of halogens is 2. The van der Waals surface area contributed by atoms with Gasteiger partial charge in [-0.15, -0.1) is 11.6 Å². The van der Waals surface area contributed by atoms with E-state index in [2.05, 4.69) is 133 Å². The Hall–Kier alpha value is -5.78. The second kappa shape index (κ2) is 18.3. The fraction of sp³-hybridized carbons (Fsp3) is 0.286. The Morgan fingerprint density at radius 1 is 0.419 bits per heavy atom. The zero-order valence-corrected chi connectivity index (χ0v) is 35.7. The molecule has 8 aromatic rings. The summed E-state index contributed by atoms with van der Waals surface area (Å²) in [6, 6.07) is 54.6. The molecule has 10 rings (SSSR count). The van der Waals surface area contributed by atoms with Crippen molar-refractivity contribution in [2.45, 2.75) is 50.1 Å². The molecule has 6 heteroatoms. The molecular formula is C56H52ClFO4. The molecule has 2 aliphatic rings. The Bertz CT molecular complexity index is 2630. The van der Waals surface area contributed by atoms with Crippen molar-refractivity contribution < 1.29 is 23.3 Å². The summed E-state index contributed by atoms with van der Waals surface area (Å²) in [5.41, 5.74) is 2.31. The molecule has 4 nitrogen and oxygen atoms in total. The van der Waals surface area contributed by atoms with Gasteiger partial charge in [0.1, 0.15) is 29.2 Å². The topological polar surface area (TPSA) is 36.9 Å². The van der Waals surface area contributed by atoms with E-state index in [9.17, 15) is 0 Å². The van der Waals surface area contributed by atoms with Gasteiger partial charge in [-0.1, -0.05) is 122 Å². The molecule has 0 heterocycles. The van der Waals surface area contributed by atoms with Crippen LogP contribution in [0.1, 0.15) is 38.5 Å². The smallest absolute Gasteiger partial charge is 0.119 e. The molecule has 5 unspecified atom stereocenters. The fourth-order valence-electron chi connectivity index (χ4n) is 10.0. The summed E-state index contributed by atoms with van der Waals surface area (Å²) in [5.74, 6) is 3.64. The van der Waals surface area contributed by atoms with E-state index in [0.29, 0.717) is 38.8 Å². The number of hydrogen-bond acceptors (Lipinski definition) is 4. The van der Waals surface area contributed by atoms with Crippen molar-refractivity contribution in [1.82, 2.24) is 0 Å². The van der Waals surface area contributed by atoms with Crippen molar-refractivity contribution in [3.8, 4) is 34.1 Å². The van der Waals surface area contributed by atoms with Crippen molar-refractivity contribution in [3.63, 3.8) is 0 Å². The van der Waals surface area contributed by atoms with Crippen LogP contribution >= 0.6 is 11.6 Å². The molecule has 2 saturated carbocycles. The van der Waals surface area contributed by atoms with E-state index in [0.717, 1.165) is 93.2 Å². The highest BCUT2D eigenvalue weighted by Crippen LogP contribution is 2.40. The Kier molecular flexibility index (Phi) is 11.9. The Morgan fingerprint density at radius 3 is 1.27 bits per heavy atom. The summed E-state index contributed by atoms with van der Waals surface area (Å²) in [4.78, 5) is 0. The second-order valence-electron chi connectivity index (χ2n) is 17.4. The standard InChI is InChI=1S/C56H52ClFO4/c57-55-19-7-15-51(55)43(33-59-45-23-21-37-9-1-3-11-39(37)29-45)34-60-47-25-27-49-41(31-47)13-5-17-53(49)54-18-6-14-42-32-48(26-28-50(42)54)62-36-44(52-16-8-20-56(52)58)35-61-46-24-22-38-10-2-4-12-40(38)30-46/h1-6,9-14,17-18,21-32,43-44,51-52,55-56H,7-8,15-16,19-20,33-36H2/t43?,44?,51?,52-,55?,56?/m0/s1. The Labute approximate surface area is 368 Å². The summed E-state index contributed by atoms with van der Waals surface area (Å²) in [6.07, 6.45) is 4.79. The minimum Gasteiger partial charge on any atom is -0.493 e. The minimum absolute atomic E-state index is 0.0693. The lowest BCUT2D eigenvalue weighted by Gasteiger charge is -2.26. The summed E-state index contributed by atoms with van der Waals surface area (Å²) >= 11 is 6.89. The van der Waals surface area contributed by atoms with Crippen LogP contribution in [0.15, 0.2) is 158 Å². The van der Waals surface area contributed by atoms with Gasteiger partial charge in [0.05, 0.1) is 26.4 Å². The van der Waals surface area contributed by atoms with E-state index in [1.165, 1.54) is 16.2 Å². The maximum atomic E-state index is 15.2. The Morgan fingerprint density at radius 2 is 0.823 bits per heavy atom. The average molecular weight is 843 g/mol. The van der Waals surface area contributed by atoms with Gasteiger partial charge in [0.15, 0.2) is 0 Å². The van der Waals surface area contributed by atoms with Gasteiger partial charge in [-0.3, -0.25) is 0 Å². The van der Waals surface area contributed by atoms with E-state index in [4.69, 9.17) is 30.5 Å². The predicted molar refractivity (Wildman–Crippen MR) is 253 cm³/mol. The molecule has 0 aliphatic heterocycles. The third kappa shape index (κ3) is 8.78. The lowest BCUT2D eigenvalue weighted by atomic mass is 9.91. The van der Waals surface area contributed by atoms with Crippen LogP contribution in [0.5, 0.6) is 23.0 Å². The minimum atomic E-state index is -0.833. The molecule has 2 aliphatic carbocycles. The van der Waals surface area contributed by atoms with Crippen molar-refractivity contribution in [2.24, 2.45) is 23.7 Å². The van der Waals surface area contributed by atoms with Crippen molar-refractivity contribution >= 4 is 54.7 Å². The molecule has 0 saturated heterocycles. The lowest BCUT2D eigenvalue weighted by molar-refractivity contribution is 0.0946. The number of hydrogen-bond donors (Lipinski definition) is 0. The highest BCUT2D eigenvalue weighted by molar-refractivity contribution is 6.21. The predicted octanol–water partition coefficient (Wildman–Crippen LogP) is 14.7. The first-order valence-electron chi connectivity index (χ1n) is 22.4. The average Bonchev–Trinajstić information content (AvgIpc) is 3.95. The molecule has 0 radical (unpaired) electrons. The van der Waals surface area contributed by atoms with E-state index in [-0.39, 0.29) is 23.1 Å². The molecule has 0 aromatic heterocycles. The van der Waals surface area contributed by atoms with E-state index in [1.54, 1.807) is 0 Å². The molecule has 62 heavy (non-hydrogen) atoms. The van der Waals surface area contributed by atoms with Crippen LogP contribution in [0.2, 0.25) is 0 Å². The summed E-state index contributed by atoms with van der Waals surface area (Å²) in [6.45, 7) is 1.89. The highest BCUT2D eigenvalue weighted by atomic mass is 35.5. The van der Waals surface area contributed by atoms with Crippen LogP contribution in [0.3, 0.4) is 0 Å². The van der Waals surface area contributed by atoms with E-state index >= 15 is 4.39 Å². The first-order valence-corrected chi connectivity index (χ1v) is 22.8. The SMILES string of the molecule is FC1CCC[C@H]1C(COc1ccc2ccccc2c1)COc1ccc2c(-c3cccc4cc(OCC(COc5ccc6ccccc6c5)C5CCCC5Cl)ccc34)cccc2c1. The molecule has 2 fully saturated rings. The number of fused-ring (bicyclic) bond motifs is 4. The van der Waals surface area contributed by atoms with Crippen molar-refractivity contribution in [3.05, 3.63) is 158 Å². The van der Waals surface area contributed by atoms with Gasteiger partial charge in [-0.25, -0.2) is 4.39 Å². The van der Waals surface area contributed by atoms with Gasteiger partial charge in [0.25, 0.3) is 0 Å². The fourth-order valence-corrected chi connectivity index (χ4v) is 10.5. The second-order valence-corrected chi connectivity index (χ2v) is 17.9. The first-order chi connectivity index (χ1) is 30.5. The molecule has 0 amide bonds. The van der Waals surface area contributed by atoms with Gasteiger partial charge in [-0.2, -0.15) is 0 Å². The Balaban J connectivity index is 0.833. The van der Waals surface area contributed by atoms with Gasteiger partial charge < -0.3 is 18.9 Å². The normalized spacial score (nSPS) is 19.8. The van der Waals surface area contributed by atoms with E-state index in [1.807, 2.05) is 24.3 Å². The molecule has 314 valence electrons. The maximum absolute atomic E-state index is 15.2. The summed E-state index contributed by atoms with van der Waals surface area (Å²) < 4.78 is 41.0. The monoisotopic (exact) mass is 842 g/mol. The van der Waals surface area contributed by atoms with Crippen LogP contribution in [0, 0.1) is 23.7 Å². The molecule has 8 aromatic carbocycles. The highest BCUT2D eigenvalue weighted by Gasteiger charge is 2.35. The third-order valence-electron chi connectivity index (χ3n) is 13.5. The van der Waals surface area contributed by atoms with Crippen LogP contribution in [-0.4, -0.2) is 38.0 Å². The van der Waals surface area contributed by atoms with Gasteiger partial charge >= 0.3 is 0 Å². The number of benzene rings is 8. The lowest BCUT2D eigenvalue weighted by Crippen LogP contribution is -2.30. The van der Waals surface area contributed by atoms with Gasteiger partial charge in [0, 0.05) is 17.2 Å². The molecule has 6 atom stereocenters. The summed E-state index contributed by atoms with van der Waals surface area (Å²) in [5, 5.41) is 9.31. The largest absolute Gasteiger partial charge is 0.493 e. The van der Waals surface area contributed by atoms with Crippen LogP contribution in [0.4, 0.5) is 4.39 Å². The van der Waals surface area contributed by atoms with Crippen molar-refractivity contribution in [1.29, 1.82) is 0 Å². The van der Waals surface area contributed by atoms with Crippen molar-refractivity contribution in [2.75, 3.05) is 26.4 Å². The number of ether oxygens (including phenoxy) is 4. The summed E-state index contributed by atoms with van der Waals surface area (Å²) in [7, 11) is 0. The number of rotatable bonds is 15.